The van der Waals surface area contributed by atoms with Gasteiger partial charge < -0.3 is 25.8 Å². The second kappa shape index (κ2) is 12.9. The highest BCUT2D eigenvalue weighted by atomic mass is 16.6. The lowest BCUT2D eigenvalue weighted by Gasteiger charge is -2.14. The summed E-state index contributed by atoms with van der Waals surface area (Å²) < 4.78 is 9.86. The van der Waals surface area contributed by atoms with Crippen LogP contribution in [0.3, 0.4) is 0 Å². The van der Waals surface area contributed by atoms with Crippen LogP contribution >= 0.6 is 0 Å². The van der Waals surface area contributed by atoms with E-state index in [0.29, 0.717) is 24.2 Å². The maximum Gasteiger partial charge on any atom is 0.333 e. The molecule has 2 aromatic heterocycles. The first kappa shape index (κ1) is 27.8. The summed E-state index contributed by atoms with van der Waals surface area (Å²) in [5.74, 6) is -1.30. The van der Waals surface area contributed by atoms with Crippen LogP contribution < -0.4 is 21.9 Å². The minimum Gasteiger partial charge on any atom is -0.462 e. The molecule has 0 aliphatic carbocycles. The number of anilines is 2. The summed E-state index contributed by atoms with van der Waals surface area (Å²) in [7, 11) is 0. The van der Waals surface area contributed by atoms with Crippen LogP contribution in [0.25, 0.3) is 11.2 Å². The van der Waals surface area contributed by atoms with E-state index >= 15 is 0 Å². The van der Waals surface area contributed by atoms with Crippen molar-refractivity contribution in [2.24, 2.45) is 0 Å². The van der Waals surface area contributed by atoms with Gasteiger partial charge in [0.25, 0.3) is 11.5 Å². The first-order valence-electron chi connectivity index (χ1n) is 11.8. The van der Waals surface area contributed by atoms with Crippen LogP contribution in [0.2, 0.25) is 0 Å². The van der Waals surface area contributed by atoms with Gasteiger partial charge in [-0.05, 0) is 44.5 Å². The van der Waals surface area contributed by atoms with Crippen molar-refractivity contribution in [1.29, 1.82) is 0 Å². The van der Waals surface area contributed by atoms with E-state index in [4.69, 9.17) is 15.2 Å². The highest BCUT2D eigenvalue weighted by Crippen LogP contribution is 2.12. The molecule has 0 aliphatic heterocycles. The Kier molecular flexibility index (Phi) is 9.46. The average molecular weight is 524 g/mol. The molecule has 3 aromatic rings. The second-order valence-electron chi connectivity index (χ2n) is 8.47. The third kappa shape index (κ3) is 8.11. The van der Waals surface area contributed by atoms with Crippen molar-refractivity contribution in [3.63, 3.8) is 0 Å². The Bertz CT molecular complexity index is 1390. The Morgan fingerprint density at radius 2 is 1.84 bits per heavy atom. The fourth-order valence-electron chi connectivity index (χ4n) is 3.19. The van der Waals surface area contributed by atoms with Gasteiger partial charge in [-0.2, -0.15) is 4.98 Å². The number of nitrogens with zero attached hydrogens (tertiary/aromatic N) is 3. The molecule has 13 heteroatoms. The maximum absolute atomic E-state index is 12.5. The summed E-state index contributed by atoms with van der Waals surface area (Å²) in [4.78, 5) is 62.3. The maximum atomic E-state index is 12.5. The van der Waals surface area contributed by atoms with Crippen molar-refractivity contribution < 1.29 is 23.9 Å². The minimum absolute atomic E-state index is 0.0283. The number of amides is 1. The lowest BCUT2D eigenvalue weighted by atomic mass is 10.1. The number of carbonyl (C=O) groups excluding carboxylic acids is 3. The standard InChI is InChI=1S/C25H29N7O6/c1-14(2)24(36)38-11-10-37-19(33)9-4-15(3)29-22(34)16-5-7-17(8-6-16)27-12-18-13-28-21-20(30-18)23(35)32-25(26)31-21/h5-8,13,15,27H,1,4,9-12H2,2-3H3,(H,29,34)(H3,26,28,31,32,35). The van der Waals surface area contributed by atoms with Crippen LogP contribution in [-0.4, -0.2) is 57.0 Å². The van der Waals surface area contributed by atoms with Crippen LogP contribution in [0.15, 0.2) is 47.4 Å². The van der Waals surface area contributed by atoms with Crippen molar-refractivity contribution in [2.75, 3.05) is 24.3 Å². The number of nitrogen functional groups attached to an aromatic ring is 1. The lowest BCUT2D eigenvalue weighted by molar-refractivity contribution is -0.150. The predicted molar refractivity (Wildman–Crippen MR) is 139 cm³/mol. The summed E-state index contributed by atoms with van der Waals surface area (Å²) in [6.07, 6.45) is 1.98. The molecule has 0 radical (unpaired) electrons. The summed E-state index contributed by atoms with van der Waals surface area (Å²) >= 11 is 0. The van der Waals surface area contributed by atoms with Gasteiger partial charge in [0, 0.05) is 29.3 Å². The Hall–Kier alpha value is -4.81. The number of benzene rings is 1. The second-order valence-corrected chi connectivity index (χ2v) is 8.47. The van der Waals surface area contributed by atoms with E-state index in [2.05, 4.69) is 37.1 Å². The fourth-order valence-corrected chi connectivity index (χ4v) is 3.19. The molecule has 1 unspecified atom stereocenters. The zero-order valence-electron chi connectivity index (χ0n) is 21.1. The van der Waals surface area contributed by atoms with Gasteiger partial charge in [0.1, 0.15) is 13.2 Å². The molecule has 1 amide bonds. The number of hydrogen-bond donors (Lipinski definition) is 4. The third-order valence-corrected chi connectivity index (χ3v) is 5.19. The number of ether oxygens (including phenoxy) is 2. The molecule has 0 spiro atoms. The first-order chi connectivity index (χ1) is 18.1. The van der Waals surface area contributed by atoms with Gasteiger partial charge in [-0.3, -0.25) is 19.4 Å². The molecule has 0 aliphatic rings. The number of nitrogens with two attached hydrogens (primary N) is 1. The molecule has 13 nitrogen and oxygen atoms in total. The third-order valence-electron chi connectivity index (χ3n) is 5.19. The van der Waals surface area contributed by atoms with E-state index in [1.807, 2.05) is 0 Å². The molecule has 2 heterocycles. The molecule has 0 saturated heterocycles. The molecule has 38 heavy (non-hydrogen) atoms. The number of aromatic nitrogens is 4. The van der Waals surface area contributed by atoms with E-state index in [-0.39, 0.29) is 54.3 Å². The van der Waals surface area contributed by atoms with Gasteiger partial charge in [0.2, 0.25) is 5.95 Å². The zero-order chi connectivity index (χ0) is 27.7. The average Bonchev–Trinajstić information content (AvgIpc) is 2.88. The number of esters is 2. The number of aromatic amines is 1. The van der Waals surface area contributed by atoms with Crippen LogP contribution in [-0.2, 0) is 25.6 Å². The van der Waals surface area contributed by atoms with Crippen molar-refractivity contribution in [2.45, 2.75) is 39.3 Å². The largest absolute Gasteiger partial charge is 0.462 e. The number of fused-ring (bicyclic) bond motifs is 1. The topological polar surface area (TPSA) is 191 Å². The van der Waals surface area contributed by atoms with E-state index in [1.54, 1.807) is 31.2 Å². The molecule has 0 saturated carbocycles. The van der Waals surface area contributed by atoms with Crippen LogP contribution in [0.5, 0.6) is 0 Å². The highest BCUT2D eigenvalue weighted by molar-refractivity contribution is 5.94. The molecule has 200 valence electrons. The van der Waals surface area contributed by atoms with E-state index in [9.17, 15) is 19.2 Å². The molecule has 0 fully saturated rings. The Morgan fingerprint density at radius 1 is 1.13 bits per heavy atom. The van der Waals surface area contributed by atoms with Crippen molar-refractivity contribution >= 4 is 40.6 Å². The normalized spacial score (nSPS) is 11.4. The molecule has 3 rings (SSSR count). The van der Waals surface area contributed by atoms with Gasteiger partial charge in [-0.1, -0.05) is 6.58 Å². The van der Waals surface area contributed by atoms with Crippen molar-refractivity contribution in [1.82, 2.24) is 25.3 Å². The van der Waals surface area contributed by atoms with Gasteiger partial charge >= 0.3 is 11.9 Å². The number of carbonyl (C=O) groups is 3. The van der Waals surface area contributed by atoms with Crippen molar-refractivity contribution in [3.05, 3.63) is 64.2 Å². The predicted octanol–water partition coefficient (Wildman–Crippen LogP) is 1.47. The smallest absolute Gasteiger partial charge is 0.333 e. The van der Waals surface area contributed by atoms with Crippen LogP contribution in [0, 0.1) is 0 Å². The molecule has 1 atom stereocenters. The number of hydrogen-bond acceptors (Lipinski definition) is 11. The Labute approximate surface area is 217 Å². The quantitative estimate of drug-likeness (QED) is 0.153. The molecular formula is C25H29N7O6. The summed E-state index contributed by atoms with van der Waals surface area (Å²) in [6.45, 7) is 6.98. The summed E-state index contributed by atoms with van der Waals surface area (Å²) in [5, 5.41) is 5.99. The Morgan fingerprint density at radius 3 is 2.55 bits per heavy atom. The van der Waals surface area contributed by atoms with Gasteiger partial charge in [-0.25, -0.2) is 14.8 Å². The van der Waals surface area contributed by atoms with Crippen LogP contribution in [0.4, 0.5) is 11.6 Å². The fraction of sp³-hybridized carbons (Fsp3) is 0.320. The first-order valence-corrected chi connectivity index (χ1v) is 11.8. The summed E-state index contributed by atoms with van der Waals surface area (Å²) in [5.41, 5.74) is 7.28. The number of H-pyrrole nitrogens is 1. The monoisotopic (exact) mass is 523 g/mol. The SMILES string of the molecule is C=C(C)C(=O)OCCOC(=O)CCC(C)NC(=O)c1ccc(NCc2cnc3nc(N)[nH]c(=O)c3n2)cc1. The minimum atomic E-state index is -0.540. The lowest BCUT2D eigenvalue weighted by Crippen LogP contribution is -2.33. The molecular weight excluding hydrogens is 494 g/mol. The van der Waals surface area contributed by atoms with Gasteiger partial charge in [0.05, 0.1) is 18.4 Å². The number of rotatable bonds is 12. The zero-order valence-corrected chi connectivity index (χ0v) is 21.1. The molecule has 5 N–H and O–H groups in total. The van der Waals surface area contributed by atoms with Crippen LogP contribution in [0.1, 0.15) is 42.7 Å². The van der Waals surface area contributed by atoms with E-state index in [0.717, 1.165) is 5.69 Å². The van der Waals surface area contributed by atoms with E-state index in [1.165, 1.54) is 13.1 Å². The van der Waals surface area contributed by atoms with Crippen molar-refractivity contribution in [3.8, 4) is 0 Å². The van der Waals surface area contributed by atoms with E-state index < -0.39 is 17.5 Å². The summed E-state index contributed by atoms with van der Waals surface area (Å²) in [6, 6.07) is 6.53. The molecule has 1 aromatic carbocycles. The number of nitrogens with one attached hydrogen (secondary N) is 3. The highest BCUT2D eigenvalue weighted by Gasteiger charge is 2.13. The van der Waals surface area contributed by atoms with Gasteiger partial charge in [0.15, 0.2) is 11.2 Å². The molecule has 0 bridgehead atoms. The van der Waals surface area contributed by atoms with Gasteiger partial charge in [-0.15, -0.1) is 0 Å². The Balaban J connectivity index is 1.41.